The third-order valence-corrected chi connectivity index (χ3v) is 4.50. The van der Waals surface area contributed by atoms with Gasteiger partial charge in [-0.15, -0.1) is 0 Å². The van der Waals surface area contributed by atoms with Crippen molar-refractivity contribution in [1.29, 1.82) is 0 Å². The Morgan fingerprint density at radius 1 is 1.11 bits per heavy atom. The maximum atomic E-state index is 5.75. The number of nitrogens with one attached hydrogen (secondary N) is 1. The molecule has 4 heteroatoms. The monoisotopic (exact) mass is 270 g/mol. The average Bonchev–Trinajstić information content (AvgIpc) is 2.31. The summed E-state index contributed by atoms with van der Waals surface area (Å²) in [5.74, 6) is 0.743. The molecule has 2 fully saturated rings. The van der Waals surface area contributed by atoms with Crippen LogP contribution in [0.3, 0.4) is 0 Å². The van der Waals surface area contributed by atoms with E-state index < -0.39 is 0 Å². The van der Waals surface area contributed by atoms with Crippen LogP contribution in [0.1, 0.15) is 46.5 Å². The maximum Gasteiger partial charge on any atom is 0.169 e. The highest BCUT2D eigenvalue weighted by molar-refractivity contribution is 7.80. The maximum absolute atomic E-state index is 5.75. The van der Waals surface area contributed by atoms with Crippen LogP contribution in [0.15, 0.2) is 0 Å². The van der Waals surface area contributed by atoms with Gasteiger partial charge in [-0.25, -0.2) is 0 Å². The van der Waals surface area contributed by atoms with Crippen LogP contribution in [0.5, 0.6) is 0 Å². The first kappa shape index (κ1) is 14.1. The second-order valence-corrected chi connectivity index (χ2v) is 6.37. The number of morpholine rings is 1. The van der Waals surface area contributed by atoms with E-state index in [0.29, 0.717) is 6.04 Å². The van der Waals surface area contributed by atoms with Crippen LogP contribution in [-0.2, 0) is 4.74 Å². The van der Waals surface area contributed by atoms with Crippen molar-refractivity contribution in [3.8, 4) is 0 Å². The Morgan fingerprint density at radius 3 is 2.33 bits per heavy atom. The number of hydrogen-bond donors (Lipinski definition) is 1. The summed E-state index contributed by atoms with van der Waals surface area (Å²) in [6.45, 7) is 8.40. The summed E-state index contributed by atoms with van der Waals surface area (Å²) in [6, 6.07) is 0.569. The molecule has 104 valence electrons. The Kier molecular flexibility index (Phi) is 4.84. The van der Waals surface area contributed by atoms with Gasteiger partial charge >= 0.3 is 0 Å². The zero-order valence-corrected chi connectivity index (χ0v) is 12.6. The van der Waals surface area contributed by atoms with Gasteiger partial charge < -0.3 is 15.0 Å². The largest absolute Gasteiger partial charge is 0.372 e. The van der Waals surface area contributed by atoms with E-state index in [1.807, 2.05) is 0 Å². The van der Waals surface area contributed by atoms with Crippen molar-refractivity contribution in [3.63, 3.8) is 0 Å². The van der Waals surface area contributed by atoms with E-state index in [4.69, 9.17) is 17.0 Å². The van der Waals surface area contributed by atoms with Crippen molar-refractivity contribution in [2.75, 3.05) is 13.1 Å². The fourth-order valence-electron chi connectivity index (χ4n) is 3.12. The molecule has 0 aromatic carbocycles. The fourth-order valence-corrected chi connectivity index (χ4v) is 3.42. The molecule has 1 aliphatic heterocycles. The molecular formula is C14H26N2OS. The Morgan fingerprint density at radius 2 is 1.72 bits per heavy atom. The van der Waals surface area contributed by atoms with Gasteiger partial charge in [0.2, 0.25) is 0 Å². The van der Waals surface area contributed by atoms with E-state index >= 15 is 0 Å². The average molecular weight is 270 g/mol. The molecule has 2 aliphatic rings. The van der Waals surface area contributed by atoms with Gasteiger partial charge in [0.25, 0.3) is 0 Å². The van der Waals surface area contributed by atoms with Crippen molar-refractivity contribution >= 4 is 17.3 Å². The third-order valence-electron chi connectivity index (χ3n) is 4.13. The van der Waals surface area contributed by atoms with E-state index in [1.54, 1.807) is 0 Å². The summed E-state index contributed by atoms with van der Waals surface area (Å²) in [6.07, 6.45) is 5.85. The fraction of sp³-hybridized carbons (Fsp3) is 0.929. The minimum atomic E-state index is 0.275. The molecule has 3 nitrogen and oxygen atoms in total. The highest BCUT2D eigenvalue weighted by Crippen LogP contribution is 2.24. The third kappa shape index (κ3) is 3.58. The minimum absolute atomic E-state index is 0.275. The normalized spacial score (nSPS) is 37.4. The molecule has 0 aromatic heterocycles. The summed E-state index contributed by atoms with van der Waals surface area (Å²) in [5, 5.41) is 4.51. The highest BCUT2D eigenvalue weighted by Gasteiger charge is 2.27. The standard InChI is InChI=1S/C14H26N2OS/c1-10-6-4-5-7-13(10)15-14(18)16-8-11(2)17-12(3)9-16/h10-13H,4-9H2,1-3H3,(H,15,18)/t10-,11+,12+,13+/m0/s1. The molecule has 0 radical (unpaired) electrons. The molecule has 1 aliphatic carbocycles. The van der Waals surface area contributed by atoms with Crippen LogP contribution in [0.4, 0.5) is 0 Å². The Bertz CT molecular complexity index is 288. The second kappa shape index (κ2) is 6.20. The van der Waals surface area contributed by atoms with E-state index in [9.17, 15) is 0 Å². The lowest BCUT2D eigenvalue weighted by atomic mass is 9.86. The van der Waals surface area contributed by atoms with Crippen molar-refractivity contribution in [3.05, 3.63) is 0 Å². The Balaban J connectivity index is 1.86. The van der Waals surface area contributed by atoms with Gasteiger partial charge in [-0.05, 0) is 44.8 Å². The Hall–Kier alpha value is -0.350. The van der Waals surface area contributed by atoms with Gasteiger partial charge in [0, 0.05) is 19.1 Å². The van der Waals surface area contributed by atoms with Gasteiger partial charge in [0.05, 0.1) is 12.2 Å². The first-order valence-electron chi connectivity index (χ1n) is 7.27. The summed E-state index contributed by atoms with van der Waals surface area (Å²) in [5.41, 5.74) is 0. The lowest BCUT2D eigenvalue weighted by Crippen LogP contribution is -2.54. The highest BCUT2D eigenvalue weighted by atomic mass is 32.1. The SMILES string of the molecule is C[C@@H]1CN(C(=S)N[C@@H]2CCCC[C@@H]2C)C[C@@H](C)O1. The van der Waals surface area contributed by atoms with Gasteiger partial charge in [-0.2, -0.15) is 0 Å². The smallest absolute Gasteiger partial charge is 0.169 e. The summed E-state index contributed by atoms with van der Waals surface area (Å²) >= 11 is 5.57. The molecule has 0 unspecified atom stereocenters. The van der Waals surface area contributed by atoms with Crippen molar-refractivity contribution in [1.82, 2.24) is 10.2 Å². The first-order chi connectivity index (χ1) is 8.56. The Labute approximate surface area is 116 Å². The van der Waals surface area contributed by atoms with Crippen molar-refractivity contribution < 1.29 is 4.74 Å². The van der Waals surface area contributed by atoms with E-state index in [1.165, 1.54) is 25.7 Å². The van der Waals surface area contributed by atoms with Crippen LogP contribution in [0, 0.1) is 5.92 Å². The topological polar surface area (TPSA) is 24.5 Å². The van der Waals surface area contributed by atoms with Crippen molar-refractivity contribution in [2.24, 2.45) is 5.92 Å². The quantitative estimate of drug-likeness (QED) is 0.740. The van der Waals surface area contributed by atoms with Gasteiger partial charge in [0.15, 0.2) is 5.11 Å². The summed E-state index contributed by atoms with van der Waals surface area (Å²) in [7, 11) is 0. The molecule has 4 atom stereocenters. The van der Waals surface area contributed by atoms with Crippen LogP contribution >= 0.6 is 12.2 Å². The predicted molar refractivity (Wildman–Crippen MR) is 78.7 cm³/mol. The summed E-state index contributed by atoms with van der Waals surface area (Å²) < 4.78 is 5.75. The minimum Gasteiger partial charge on any atom is -0.372 e. The number of nitrogens with zero attached hydrogens (tertiary/aromatic N) is 1. The number of rotatable bonds is 1. The molecule has 0 aromatic rings. The van der Waals surface area contributed by atoms with Crippen molar-refractivity contribution in [2.45, 2.75) is 64.7 Å². The zero-order chi connectivity index (χ0) is 13.1. The molecule has 1 saturated carbocycles. The van der Waals surface area contributed by atoms with Gasteiger partial charge in [-0.3, -0.25) is 0 Å². The van der Waals surface area contributed by atoms with E-state index in [2.05, 4.69) is 31.0 Å². The molecule has 0 bridgehead atoms. The molecule has 1 saturated heterocycles. The van der Waals surface area contributed by atoms with E-state index in [-0.39, 0.29) is 12.2 Å². The molecule has 2 rings (SSSR count). The number of ether oxygens (including phenoxy) is 1. The molecule has 1 N–H and O–H groups in total. The number of thiocarbonyl (C=S) groups is 1. The van der Waals surface area contributed by atoms with E-state index in [0.717, 1.165) is 24.1 Å². The number of hydrogen-bond acceptors (Lipinski definition) is 2. The molecule has 0 spiro atoms. The molecule has 0 amide bonds. The zero-order valence-electron chi connectivity index (χ0n) is 11.8. The van der Waals surface area contributed by atoms with Gasteiger partial charge in [0.1, 0.15) is 0 Å². The van der Waals surface area contributed by atoms with Crippen LogP contribution in [-0.4, -0.2) is 41.4 Å². The second-order valence-electron chi connectivity index (χ2n) is 5.98. The summed E-state index contributed by atoms with van der Waals surface area (Å²) in [4.78, 5) is 2.27. The van der Waals surface area contributed by atoms with Gasteiger partial charge in [-0.1, -0.05) is 19.8 Å². The molecule has 1 heterocycles. The van der Waals surface area contributed by atoms with Crippen LogP contribution in [0.25, 0.3) is 0 Å². The predicted octanol–water partition coefficient (Wildman–Crippen LogP) is 2.55. The molecule has 18 heavy (non-hydrogen) atoms. The first-order valence-corrected chi connectivity index (χ1v) is 7.68. The molecular weight excluding hydrogens is 244 g/mol. The lowest BCUT2D eigenvalue weighted by molar-refractivity contribution is -0.0484. The lowest BCUT2D eigenvalue weighted by Gasteiger charge is -2.39. The van der Waals surface area contributed by atoms with Crippen LogP contribution < -0.4 is 5.32 Å². The van der Waals surface area contributed by atoms with Crippen LogP contribution in [0.2, 0.25) is 0 Å².